The average molecular weight is 123 g/mol. The molecule has 3 nitrogen and oxygen atoms in total. The molecule has 0 aliphatic heterocycles. The first-order valence-electron chi connectivity index (χ1n) is 1.83. The molecule has 4 heteroatoms. The van der Waals surface area contributed by atoms with Crippen LogP contribution in [0.1, 0.15) is 0 Å². The van der Waals surface area contributed by atoms with Crippen molar-refractivity contribution >= 4 is 15.7 Å². The van der Waals surface area contributed by atoms with Crippen molar-refractivity contribution in [2.45, 2.75) is 0 Å². The minimum Gasteiger partial charge on any atom is -0.329 e. The summed E-state index contributed by atoms with van der Waals surface area (Å²) in [4.78, 5) is 0. The van der Waals surface area contributed by atoms with Crippen molar-refractivity contribution in [1.82, 2.24) is 0 Å². The highest BCUT2D eigenvalue weighted by Gasteiger charge is 1.90. The van der Waals surface area contributed by atoms with Crippen LogP contribution in [0.4, 0.5) is 0 Å². The van der Waals surface area contributed by atoms with Gasteiger partial charge in [-0.05, 0) is 5.87 Å². The van der Waals surface area contributed by atoms with Gasteiger partial charge >= 0.3 is 0 Å². The lowest BCUT2D eigenvalue weighted by Gasteiger charge is -1.93. The second-order valence-corrected chi connectivity index (χ2v) is 3.22. The number of hydrogen-bond donors (Lipinski definition) is 2. The molecule has 0 heterocycles. The second-order valence-electron chi connectivity index (χ2n) is 1.27. The summed E-state index contributed by atoms with van der Waals surface area (Å²) in [6.07, 6.45) is 0. The van der Waals surface area contributed by atoms with Crippen LogP contribution in [0.3, 0.4) is 0 Å². The third-order valence-corrected chi connectivity index (χ3v) is 1.31. The highest BCUT2D eigenvalue weighted by Crippen LogP contribution is 1.74. The van der Waals surface area contributed by atoms with E-state index in [4.69, 9.17) is 10.3 Å². The van der Waals surface area contributed by atoms with Gasteiger partial charge in [0.25, 0.3) is 0 Å². The van der Waals surface area contributed by atoms with Gasteiger partial charge < -0.3 is 10.3 Å². The maximum Gasteiger partial charge on any atom is 0.0758 e. The monoisotopic (exact) mass is 123 g/mol. The molecule has 0 bridgehead atoms. The third-order valence-electron chi connectivity index (χ3n) is 0.437. The van der Waals surface area contributed by atoms with Gasteiger partial charge in [-0.2, -0.15) is 0 Å². The fourth-order valence-corrected chi connectivity index (χ4v) is 0.552. The van der Waals surface area contributed by atoms with Crippen molar-refractivity contribution in [2.75, 3.05) is 12.3 Å². The Kier molecular flexibility index (Phi) is 2.28. The first-order chi connectivity index (χ1) is 3.06. The molecule has 0 aromatic heterocycles. The summed E-state index contributed by atoms with van der Waals surface area (Å²) in [5.41, 5.74) is 4.94. The lowest BCUT2D eigenvalue weighted by molar-refractivity contribution is 0.560. The first kappa shape index (κ1) is 6.94. The molecule has 0 fully saturated rings. The van der Waals surface area contributed by atoms with E-state index in [1.807, 2.05) is 0 Å². The molecule has 0 saturated heterocycles. The zero-order valence-electron chi connectivity index (χ0n) is 3.96. The van der Waals surface area contributed by atoms with Crippen LogP contribution in [0.15, 0.2) is 0 Å². The summed E-state index contributed by atoms with van der Waals surface area (Å²) in [6.45, 7) is 0.221. The Hall–Kier alpha value is -0.0600. The van der Waals surface area contributed by atoms with Crippen LogP contribution < -0.4 is 5.73 Å². The van der Waals surface area contributed by atoms with Crippen molar-refractivity contribution in [3.8, 4) is 0 Å². The van der Waals surface area contributed by atoms with E-state index in [-0.39, 0.29) is 12.3 Å². The predicted octanol–water partition coefficient (Wildman–Crippen LogP) is -0.865. The highest BCUT2D eigenvalue weighted by molar-refractivity contribution is 7.95. The molecule has 0 aliphatic rings. The fourth-order valence-electron chi connectivity index (χ4n) is 0.184. The number of nitrogens with two attached hydrogens (primary N) is 1. The Morgan fingerprint density at radius 3 is 2.29 bits per heavy atom. The lowest BCUT2D eigenvalue weighted by atomic mass is 10.8. The minimum atomic E-state index is -2.80. The summed E-state index contributed by atoms with van der Waals surface area (Å²) in [7, 11) is -2.80. The quantitative estimate of drug-likeness (QED) is 0.469. The van der Waals surface area contributed by atoms with Crippen LogP contribution >= 0.6 is 0 Å². The lowest BCUT2D eigenvalue weighted by Crippen LogP contribution is -2.13. The molecule has 0 amide bonds. The van der Waals surface area contributed by atoms with Crippen molar-refractivity contribution in [1.29, 1.82) is 0 Å². The van der Waals surface area contributed by atoms with Gasteiger partial charge in [-0.1, -0.05) is 0 Å². The zero-order valence-corrected chi connectivity index (χ0v) is 4.78. The molecule has 7 heavy (non-hydrogen) atoms. The van der Waals surface area contributed by atoms with Crippen LogP contribution in [0.5, 0.6) is 0 Å². The first-order valence-corrected chi connectivity index (χ1v) is 3.69. The van der Waals surface area contributed by atoms with Crippen molar-refractivity contribution in [3.05, 3.63) is 0 Å². The van der Waals surface area contributed by atoms with Crippen LogP contribution in [0.2, 0.25) is 0 Å². The summed E-state index contributed by atoms with van der Waals surface area (Å²) < 4.78 is 18.5. The summed E-state index contributed by atoms with van der Waals surface area (Å²) in [5.74, 6) is 3.05. The molecular formula is C3H9NO2S. The standard InChI is InChI=1S/C3H9NO2S/c1-7(5,6)3-2-4/h1-4H2,(H,5,6). The molecule has 0 aliphatic carbocycles. The molecule has 44 valence electrons. The maximum atomic E-state index is 10.2. The van der Waals surface area contributed by atoms with Gasteiger partial charge in [0.2, 0.25) is 0 Å². The van der Waals surface area contributed by atoms with Crippen LogP contribution in [0.25, 0.3) is 0 Å². The number of hydrogen-bond acceptors (Lipinski definition) is 2. The highest BCUT2D eigenvalue weighted by atomic mass is 32.2. The summed E-state index contributed by atoms with van der Waals surface area (Å²) in [6, 6.07) is 0. The van der Waals surface area contributed by atoms with Crippen LogP contribution in [-0.2, 0) is 9.80 Å². The Bertz CT molecular complexity index is 126. The fraction of sp³-hybridized carbons (Fsp3) is 0.667. The van der Waals surface area contributed by atoms with Crippen LogP contribution in [0, 0.1) is 0 Å². The van der Waals surface area contributed by atoms with Gasteiger partial charge in [0.15, 0.2) is 0 Å². The molecule has 0 saturated carbocycles. The largest absolute Gasteiger partial charge is 0.329 e. The Morgan fingerprint density at radius 2 is 2.29 bits per heavy atom. The van der Waals surface area contributed by atoms with Gasteiger partial charge in [0.1, 0.15) is 0 Å². The van der Waals surface area contributed by atoms with E-state index in [2.05, 4.69) is 5.87 Å². The van der Waals surface area contributed by atoms with E-state index in [0.717, 1.165) is 0 Å². The van der Waals surface area contributed by atoms with Gasteiger partial charge in [-0.25, -0.2) is 4.21 Å². The molecule has 1 atom stereocenters. The molecule has 0 spiro atoms. The van der Waals surface area contributed by atoms with Crippen molar-refractivity contribution < 1.29 is 8.76 Å². The second kappa shape index (κ2) is 2.30. The molecule has 1 unspecified atom stereocenters. The van der Waals surface area contributed by atoms with E-state index < -0.39 is 9.80 Å². The van der Waals surface area contributed by atoms with E-state index in [1.165, 1.54) is 0 Å². The Balaban J connectivity index is 3.60. The Morgan fingerprint density at radius 1 is 1.86 bits per heavy atom. The molecule has 0 aromatic rings. The normalized spacial score (nSPS) is 18.6. The zero-order chi connectivity index (χ0) is 5.91. The minimum absolute atomic E-state index is 0.0903. The van der Waals surface area contributed by atoms with E-state index in [1.54, 1.807) is 0 Å². The molecule has 0 aromatic carbocycles. The van der Waals surface area contributed by atoms with Gasteiger partial charge in [0, 0.05) is 6.54 Å². The predicted molar refractivity (Wildman–Crippen MR) is 31.8 cm³/mol. The molecule has 3 N–H and O–H groups in total. The smallest absolute Gasteiger partial charge is 0.0758 e. The number of rotatable bonds is 2. The molecular weight excluding hydrogens is 114 g/mol. The molecule has 0 rings (SSSR count). The maximum absolute atomic E-state index is 10.2. The van der Waals surface area contributed by atoms with Crippen molar-refractivity contribution in [3.63, 3.8) is 0 Å². The third kappa shape index (κ3) is 5.94. The van der Waals surface area contributed by atoms with E-state index in [9.17, 15) is 4.21 Å². The van der Waals surface area contributed by atoms with Crippen LogP contribution in [-0.4, -0.2) is 26.9 Å². The van der Waals surface area contributed by atoms with Crippen molar-refractivity contribution in [2.24, 2.45) is 5.73 Å². The van der Waals surface area contributed by atoms with E-state index in [0.29, 0.717) is 0 Å². The summed E-state index contributed by atoms with van der Waals surface area (Å²) in [5, 5.41) is 0. The van der Waals surface area contributed by atoms with E-state index >= 15 is 0 Å². The van der Waals surface area contributed by atoms with Gasteiger partial charge in [-0.15, -0.1) is 0 Å². The Labute approximate surface area is 43.4 Å². The van der Waals surface area contributed by atoms with Gasteiger partial charge in [-0.3, -0.25) is 0 Å². The average Bonchev–Trinajstić information content (AvgIpc) is 1.30. The SMILES string of the molecule is C=S(=O)(O)CCN. The topological polar surface area (TPSA) is 63.3 Å². The van der Waals surface area contributed by atoms with Gasteiger partial charge in [0.05, 0.1) is 15.6 Å². The molecule has 0 radical (unpaired) electrons. The summed E-state index contributed by atoms with van der Waals surface area (Å²) >= 11 is 0.